The molecule has 8 heteroatoms. The summed E-state index contributed by atoms with van der Waals surface area (Å²) in [7, 11) is 0. The summed E-state index contributed by atoms with van der Waals surface area (Å²) in [4.78, 5) is 30.2. The molecule has 164 valence electrons. The van der Waals surface area contributed by atoms with Crippen molar-refractivity contribution in [2.24, 2.45) is 5.92 Å². The molecule has 2 amide bonds. The van der Waals surface area contributed by atoms with Crippen molar-refractivity contribution >= 4 is 11.8 Å². The lowest BCUT2D eigenvalue weighted by Crippen LogP contribution is -2.53. The van der Waals surface area contributed by atoms with Gasteiger partial charge in [0.25, 0.3) is 5.91 Å². The molecule has 4 rings (SSSR count). The molecule has 0 radical (unpaired) electrons. The third-order valence-corrected chi connectivity index (χ3v) is 6.21. The van der Waals surface area contributed by atoms with Gasteiger partial charge in [-0.25, -0.2) is 0 Å². The summed E-state index contributed by atoms with van der Waals surface area (Å²) in [6.45, 7) is 8.93. The standard InChI is InChI=1S/C22H31N3O5/c1-15(2)18(24-8-10-28-11-9-24)13-23-21(26)17-4-3-7-25(17)22(27)16-5-6-19-20(12-16)30-14-29-19/h5-6,12,15,17-18H,3-4,7-11,13-14H2,1-2H3,(H,23,26)/t17-,18+/m0/s1. The minimum absolute atomic E-state index is 0.0690. The Hall–Kier alpha value is -2.32. The van der Waals surface area contributed by atoms with E-state index >= 15 is 0 Å². The fourth-order valence-electron chi connectivity index (χ4n) is 4.50. The Balaban J connectivity index is 1.38. The van der Waals surface area contributed by atoms with Gasteiger partial charge in [-0.15, -0.1) is 0 Å². The van der Waals surface area contributed by atoms with Gasteiger partial charge in [-0.3, -0.25) is 14.5 Å². The SMILES string of the molecule is CC(C)[C@@H](CNC(=O)[C@@H]1CCCN1C(=O)c1ccc2c(c1)OCO2)N1CCOCC1. The van der Waals surface area contributed by atoms with Crippen molar-refractivity contribution < 1.29 is 23.8 Å². The molecular formula is C22H31N3O5. The maximum Gasteiger partial charge on any atom is 0.254 e. The summed E-state index contributed by atoms with van der Waals surface area (Å²) in [5.41, 5.74) is 0.521. The first-order valence-electron chi connectivity index (χ1n) is 10.8. The van der Waals surface area contributed by atoms with Crippen molar-refractivity contribution in [1.29, 1.82) is 0 Å². The lowest BCUT2D eigenvalue weighted by molar-refractivity contribution is -0.125. The van der Waals surface area contributed by atoms with Crippen molar-refractivity contribution in [2.45, 2.75) is 38.8 Å². The van der Waals surface area contributed by atoms with Gasteiger partial charge in [0.05, 0.1) is 13.2 Å². The smallest absolute Gasteiger partial charge is 0.254 e. The molecule has 3 heterocycles. The van der Waals surface area contributed by atoms with Crippen LogP contribution >= 0.6 is 0 Å². The van der Waals surface area contributed by atoms with E-state index < -0.39 is 6.04 Å². The highest BCUT2D eigenvalue weighted by molar-refractivity contribution is 5.98. The quantitative estimate of drug-likeness (QED) is 0.756. The fourth-order valence-corrected chi connectivity index (χ4v) is 4.50. The Morgan fingerprint density at radius 3 is 2.67 bits per heavy atom. The first-order valence-corrected chi connectivity index (χ1v) is 10.8. The number of carbonyl (C=O) groups is 2. The number of nitrogens with one attached hydrogen (secondary N) is 1. The van der Waals surface area contributed by atoms with E-state index in [4.69, 9.17) is 14.2 Å². The summed E-state index contributed by atoms with van der Waals surface area (Å²) >= 11 is 0. The number of hydrogen-bond donors (Lipinski definition) is 1. The molecule has 1 aromatic rings. The lowest BCUT2D eigenvalue weighted by Gasteiger charge is -2.37. The van der Waals surface area contributed by atoms with E-state index in [0.717, 1.165) is 32.7 Å². The second kappa shape index (κ2) is 9.22. The topological polar surface area (TPSA) is 80.3 Å². The summed E-state index contributed by atoms with van der Waals surface area (Å²) in [6, 6.07) is 5.01. The highest BCUT2D eigenvalue weighted by Crippen LogP contribution is 2.33. The average Bonchev–Trinajstić information content (AvgIpc) is 3.42. The van der Waals surface area contributed by atoms with Crippen LogP contribution in [-0.4, -0.2) is 79.9 Å². The first kappa shape index (κ1) is 20.9. The molecule has 0 bridgehead atoms. The van der Waals surface area contributed by atoms with Crippen LogP contribution in [0.15, 0.2) is 18.2 Å². The van der Waals surface area contributed by atoms with Crippen LogP contribution in [0.1, 0.15) is 37.0 Å². The molecular weight excluding hydrogens is 386 g/mol. The Morgan fingerprint density at radius 2 is 1.90 bits per heavy atom. The van der Waals surface area contributed by atoms with Gasteiger partial charge in [0.15, 0.2) is 11.5 Å². The predicted molar refractivity (Wildman–Crippen MR) is 111 cm³/mol. The minimum Gasteiger partial charge on any atom is -0.454 e. The highest BCUT2D eigenvalue weighted by Gasteiger charge is 2.35. The van der Waals surface area contributed by atoms with Gasteiger partial charge in [-0.05, 0) is 37.0 Å². The highest BCUT2D eigenvalue weighted by atomic mass is 16.7. The molecule has 0 saturated carbocycles. The molecule has 1 aromatic carbocycles. The van der Waals surface area contributed by atoms with Gasteiger partial charge in [0.2, 0.25) is 12.7 Å². The zero-order chi connectivity index (χ0) is 21.1. The zero-order valence-electron chi connectivity index (χ0n) is 17.8. The van der Waals surface area contributed by atoms with Gasteiger partial charge in [0, 0.05) is 37.8 Å². The number of amides is 2. The number of fused-ring (bicyclic) bond motifs is 1. The number of morpholine rings is 1. The molecule has 0 aromatic heterocycles. The van der Waals surface area contributed by atoms with E-state index in [-0.39, 0.29) is 24.6 Å². The average molecular weight is 418 g/mol. The summed E-state index contributed by atoms with van der Waals surface area (Å²) in [5, 5.41) is 3.12. The second-order valence-electron chi connectivity index (χ2n) is 8.43. The summed E-state index contributed by atoms with van der Waals surface area (Å²) in [6.07, 6.45) is 1.51. The van der Waals surface area contributed by atoms with E-state index in [1.165, 1.54) is 0 Å². The van der Waals surface area contributed by atoms with Crippen LogP contribution in [-0.2, 0) is 9.53 Å². The monoisotopic (exact) mass is 417 g/mol. The molecule has 3 aliphatic rings. The van der Waals surface area contributed by atoms with Crippen LogP contribution < -0.4 is 14.8 Å². The van der Waals surface area contributed by atoms with Gasteiger partial charge in [-0.1, -0.05) is 13.8 Å². The van der Waals surface area contributed by atoms with Gasteiger partial charge < -0.3 is 24.4 Å². The predicted octanol–water partition coefficient (Wildman–Crippen LogP) is 1.49. The lowest BCUT2D eigenvalue weighted by atomic mass is 10.0. The molecule has 0 unspecified atom stereocenters. The zero-order valence-corrected chi connectivity index (χ0v) is 17.8. The normalized spacial score (nSPS) is 22.4. The van der Waals surface area contributed by atoms with Crippen molar-refractivity contribution in [1.82, 2.24) is 15.1 Å². The molecule has 30 heavy (non-hydrogen) atoms. The van der Waals surface area contributed by atoms with E-state index in [2.05, 4.69) is 24.1 Å². The van der Waals surface area contributed by atoms with Crippen LogP contribution in [0.5, 0.6) is 11.5 Å². The van der Waals surface area contributed by atoms with Crippen molar-refractivity contribution in [3.8, 4) is 11.5 Å². The largest absolute Gasteiger partial charge is 0.454 e. The van der Waals surface area contributed by atoms with Gasteiger partial charge in [-0.2, -0.15) is 0 Å². The Bertz CT molecular complexity index is 778. The molecule has 3 aliphatic heterocycles. The van der Waals surface area contributed by atoms with E-state index in [9.17, 15) is 9.59 Å². The maximum absolute atomic E-state index is 13.1. The molecule has 2 saturated heterocycles. The van der Waals surface area contributed by atoms with Crippen LogP contribution in [0, 0.1) is 5.92 Å². The number of benzene rings is 1. The van der Waals surface area contributed by atoms with Gasteiger partial charge >= 0.3 is 0 Å². The number of likely N-dealkylation sites (tertiary alicyclic amines) is 1. The number of nitrogens with zero attached hydrogens (tertiary/aromatic N) is 2. The summed E-state index contributed by atoms with van der Waals surface area (Å²) < 4.78 is 16.2. The van der Waals surface area contributed by atoms with Crippen molar-refractivity contribution in [2.75, 3.05) is 46.2 Å². The van der Waals surface area contributed by atoms with Crippen molar-refractivity contribution in [3.05, 3.63) is 23.8 Å². The molecule has 0 spiro atoms. The van der Waals surface area contributed by atoms with Crippen molar-refractivity contribution in [3.63, 3.8) is 0 Å². The van der Waals surface area contributed by atoms with Crippen LogP contribution in [0.4, 0.5) is 0 Å². The fraction of sp³-hybridized carbons (Fsp3) is 0.636. The molecule has 2 atom stereocenters. The number of carbonyl (C=O) groups excluding carboxylic acids is 2. The number of rotatable bonds is 6. The van der Waals surface area contributed by atoms with E-state index in [1.54, 1.807) is 23.1 Å². The Labute approximate surface area is 177 Å². The van der Waals surface area contributed by atoms with E-state index in [0.29, 0.717) is 42.5 Å². The maximum atomic E-state index is 13.1. The van der Waals surface area contributed by atoms with Gasteiger partial charge in [0.1, 0.15) is 6.04 Å². The first-order chi connectivity index (χ1) is 14.5. The molecule has 2 fully saturated rings. The minimum atomic E-state index is -0.430. The number of ether oxygens (including phenoxy) is 3. The molecule has 8 nitrogen and oxygen atoms in total. The second-order valence-corrected chi connectivity index (χ2v) is 8.43. The van der Waals surface area contributed by atoms with Crippen LogP contribution in [0.3, 0.4) is 0 Å². The third kappa shape index (κ3) is 4.39. The summed E-state index contributed by atoms with van der Waals surface area (Å²) in [5.74, 6) is 1.43. The Morgan fingerprint density at radius 1 is 1.13 bits per heavy atom. The van der Waals surface area contributed by atoms with Crippen LogP contribution in [0.25, 0.3) is 0 Å². The Kier molecular flexibility index (Phi) is 6.43. The third-order valence-electron chi connectivity index (χ3n) is 6.21. The number of hydrogen-bond acceptors (Lipinski definition) is 6. The van der Waals surface area contributed by atoms with Crippen LogP contribution in [0.2, 0.25) is 0 Å². The molecule has 1 N–H and O–H groups in total. The molecule has 0 aliphatic carbocycles. The van der Waals surface area contributed by atoms with E-state index in [1.807, 2.05) is 0 Å².